The lowest BCUT2D eigenvalue weighted by molar-refractivity contribution is -0.0385. The van der Waals surface area contributed by atoms with Gasteiger partial charge in [0.25, 0.3) is 11.8 Å². The number of amides is 2. The monoisotopic (exact) mass is 423 g/mol. The van der Waals surface area contributed by atoms with Gasteiger partial charge in [0.1, 0.15) is 12.5 Å². The summed E-state index contributed by atoms with van der Waals surface area (Å²) in [6.07, 6.45) is 0.0528. The summed E-state index contributed by atoms with van der Waals surface area (Å²) >= 11 is 0. The topological polar surface area (TPSA) is 85.5 Å². The predicted molar refractivity (Wildman–Crippen MR) is 119 cm³/mol. The number of aliphatic hydroxyl groups is 1. The van der Waals surface area contributed by atoms with Crippen LogP contribution in [-0.2, 0) is 4.74 Å². The minimum Gasteiger partial charge on any atom is -0.396 e. The van der Waals surface area contributed by atoms with Crippen molar-refractivity contribution in [1.82, 2.24) is 14.5 Å². The fourth-order valence-corrected chi connectivity index (χ4v) is 6.30. The Morgan fingerprint density at radius 2 is 1.44 bits per heavy atom. The molecule has 0 aliphatic carbocycles. The number of hydrogen-bond acceptors (Lipinski definition) is 4. The summed E-state index contributed by atoms with van der Waals surface area (Å²) in [5, 5.41) is 16.2. The molecule has 2 bridgehead atoms. The molecule has 3 aromatic carbocycles. The van der Waals surface area contributed by atoms with Crippen molar-refractivity contribution in [3.63, 3.8) is 0 Å². The van der Waals surface area contributed by atoms with Crippen molar-refractivity contribution in [2.75, 3.05) is 6.61 Å². The van der Waals surface area contributed by atoms with Crippen molar-refractivity contribution < 1.29 is 19.4 Å². The molecule has 2 amide bonds. The number of hydrogen-bond donors (Lipinski definition) is 2. The van der Waals surface area contributed by atoms with E-state index < -0.39 is 0 Å². The van der Waals surface area contributed by atoms with Crippen LogP contribution in [0, 0.1) is 5.92 Å². The molecule has 5 heterocycles. The molecule has 3 aliphatic heterocycles. The van der Waals surface area contributed by atoms with E-state index in [4.69, 9.17) is 4.74 Å². The van der Waals surface area contributed by atoms with E-state index in [0.717, 1.165) is 43.6 Å². The number of rotatable bonds is 1. The van der Waals surface area contributed by atoms with Crippen LogP contribution in [0.15, 0.2) is 48.5 Å². The van der Waals surface area contributed by atoms with Crippen LogP contribution in [0.25, 0.3) is 43.6 Å². The molecule has 2 N–H and O–H groups in total. The number of nitrogens with zero attached hydrogens (tertiary/aromatic N) is 2. The number of benzene rings is 3. The number of aromatic nitrogens is 2. The zero-order chi connectivity index (χ0) is 21.3. The average molecular weight is 423 g/mol. The highest BCUT2D eigenvalue weighted by Gasteiger charge is 2.45. The number of nitrogens with one attached hydrogen (secondary N) is 1. The van der Waals surface area contributed by atoms with Crippen LogP contribution in [0.3, 0.4) is 0 Å². The molecule has 1 fully saturated rings. The normalized spacial score (nSPS) is 23.7. The van der Waals surface area contributed by atoms with E-state index in [9.17, 15) is 14.7 Å². The minimum absolute atomic E-state index is 0.0107. The maximum Gasteiger partial charge on any atom is 0.259 e. The van der Waals surface area contributed by atoms with E-state index in [0.29, 0.717) is 17.5 Å². The molecule has 1 saturated heterocycles. The molecular formula is C25H17N3O4. The first kappa shape index (κ1) is 16.9. The smallest absolute Gasteiger partial charge is 0.259 e. The molecule has 156 valence electrons. The summed E-state index contributed by atoms with van der Waals surface area (Å²) in [5.74, 6) is -0.789. The molecule has 0 spiro atoms. The van der Waals surface area contributed by atoms with E-state index in [1.54, 1.807) is 0 Å². The molecule has 32 heavy (non-hydrogen) atoms. The number of imide groups is 1. The molecule has 5 aromatic rings. The number of fused-ring (bicyclic) bond motifs is 13. The third kappa shape index (κ3) is 1.68. The van der Waals surface area contributed by atoms with E-state index in [2.05, 4.69) is 14.5 Å². The van der Waals surface area contributed by atoms with Crippen molar-refractivity contribution in [1.29, 1.82) is 0 Å². The maximum atomic E-state index is 13.1. The van der Waals surface area contributed by atoms with Crippen molar-refractivity contribution in [3.05, 3.63) is 59.7 Å². The molecule has 3 atom stereocenters. The SMILES string of the molecule is O=C1NC(=O)c2c1c1c3ccccc3n3c1c1c2c2ccccc2n1[C@@H]1O[C@H]3C[C@H]1CO. The Kier molecular flexibility index (Phi) is 2.85. The number of carbonyl (C=O) groups excluding carboxylic acids is 2. The Morgan fingerprint density at radius 1 is 0.875 bits per heavy atom. The van der Waals surface area contributed by atoms with Gasteiger partial charge in [0, 0.05) is 33.9 Å². The molecule has 7 heteroatoms. The van der Waals surface area contributed by atoms with Crippen LogP contribution in [0.1, 0.15) is 39.6 Å². The van der Waals surface area contributed by atoms with Gasteiger partial charge >= 0.3 is 0 Å². The van der Waals surface area contributed by atoms with Crippen molar-refractivity contribution in [2.45, 2.75) is 18.9 Å². The quantitative estimate of drug-likeness (QED) is 0.402. The largest absolute Gasteiger partial charge is 0.396 e. The summed E-state index contributed by atoms with van der Waals surface area (Å²) in [4.78, 5) is 26.2. The molecule has 8 rings (SSSR count). The third-order valence-corrected chi connectivity index (χ3v) is 7.46. The van der Waals surface area contributed by atoms with Crippen LogP contribution in [0.4, 0.5) is 0 Å². The van der Waals surface area contributed by atoms with Gasteiger partial charge in [-0.05, 0) is 12.1 Å². The number of aliphatic hydroxyl groups excluding tert-OH is 1. The zero-order valence-corrected chi connectivity index (χ0v) is 16.8. The Labute approximate surface area is 180 Å². The summed E-state index contributed by atoms with van der Waals surface area (Å²) in [6, 6.07) is 15.9. The molecule has 3 aliphatic rings. The summed E-state index contributed by atoms with van der Waals surface area (Å²) in [7, 11) is 0. The van der Waals surface area contributed by atoms with Gasteiger partial charge in [-0.15, -0.1) is 0 Å². The van der Waals surface area contributed by atoms with E-state index in [1.165, 1.54) is 0 Å². The number of carbonyl (C=O) groups is 2. The molecule has 2 aromatic heterocycles. The Hall–Kier alpha value is -3.68. The van der Waals surface area contributed by atoms with Crippen LogP contribution < -0.4 is 5.32 Å². The van der Waals surface area contributed by atoms with E-state index in [-0.39, 0.29) is 36.8 Å². The van der Waals surface area contributed by atoms with Gasteiger partial charge in [-0.1, -0.05) is 36.4 Å². The zero-order valence-electron chi connectivity index (χ0n) is 16.8. The van der Waals surface area contributed by atoms with E-state index in [1.807, 2.05) is 48.5 Å². The molecular weight excluding hydrogens is 406 g/mol. The predicted octanol–water partition coefficient (Wildman–Crippen LogP) is 3.83. The lowest BCUT2D eigenvalue weighted by Crippen LogP contribution is -2.20. The van der Waals surface area contributed by atoms with Crippen LogP contribution in [-0.4, -0.2) is 32.7 Å². The number of ether oxygens (including phenoxy) is 1. The highest BCUT2D eigenvalue weighted by Crippen LogP contribution is 2.53. The first-order chi connectivity index (χ1) is 15.7. The van der Waals surface area contributed by atoms with Crippen LogP contribution in [0.5, 0.6) is 0 Å². The molecule has 0 radical (unpaired) electrons. The maximum absolute atomic E-state index is 13.1. The average Bonchev–Trinajstić information content (AvgIpc) is 3.50. The second-order valence-electron chi connectivity index (χ2n) is 8.91. The van der Waals surface area contributed by atoms with Crippen LogP contribution in [0.2, 0.25) is 0 Å². The lowest BCUT2D eigenvalue weighted by atomic mass is 9.96. The summed E-state index contributed by atoms with van der Waals surface area (Å²) in [5.41, 5.74) is 4.61. The van der Waals surface area contributed by atoms with Gasteiger partial charge < -0.3 is 19.0 Å². The van der Waals surface area contributed by atoms with Crippen molar-refractivity contribution in [3.8, 4) is 0 Å². The fourth-order valence-electron chi connectivity index (χ4n) is 6.30. The highest BCUT2D eigenvalue weighted by molar-refractivity contribution is 6.39. The van der Waals surface area contributed by atoms with Crippen molar-refractivity contribution >= 4 is 55.4 Å². The third-order valence-electron chi connectivity index (χ3n) is 7.46. The van der Waals surface area contributed by atoms with Gasteiger partial charge in [-0.25, -0.2) is 0 Å². The Balaban J connectivity index is 1.78. The standard InChI is InChI=1S/C25H17N3O4/c29-10-11-9-16-27-14-7-3-1-5-12(14)17-19-20(24(31)26-23(19)30)18-13-6-2-4-8-15(13)28(25(11)32-16)22(18)21(17)27/h1-8,11,16,25,29H,9-10H2,(H,26,30,31)/t11-,16-,25+/m0/s1. The summed E-state index contributed by atoms with van der Waals surface area (Å²) < 4.78 is 10.9. The van der Waals surface area contributed by atoms with Gasteiger partial charge in [0.05, 0.1) is 39.8 Å². The van der Waals surface area contributed by atoms with Gasteiger partial charge in [-0.3, -0.25) is 14.9 Å². The first-order valence-electron chi connectivity index (χ1n) is 10.8. The molecule has 7 nitrogen and oxygen atoms in total. The second-order valence-corrected chi connectivity index (χ2v) is 8.91. The molecule has 0 saturated carbocycles. The minimum atomic E-state index is -0.360. The highest BCUT2D eigenvalue weighted by atomic mass is 16.5. The Morgan fingerprint density at radius 3 is 2.06 bits per heavy atom. The van der Waals surface area contributed by atoms with Crippen LogP contribution >= 0.6 is 0 Å². The lowest BCUT2D eigenvalue weighted by Gasteiger charge is -2.20. The van der Waals surface area contributed by atoms with Gasteiger partial charge in [0.15, 0.2) is 0 Å². The molecule has 0 unspecified atom stereocenters. The first-order valence-corrected chi connectivity index (χ1v) is 10.8. The Bertz CT molecular complexity index is 1710. The number of para-hydroxylation sites is 2. The fraction of sp³-hybridized carbons (Fsp3) is 0.200. The summed E-state index contributed by atoms with van der Waals surface area (Å²) in [6.45, 7) is 0.0107. The van der Waals surface area contributed by atoms with Gasteiger partial charge in [-0.2, -0.15) is 0 Å². The van der Waals surface area contributed by atoms with Crippen molar-refractivity contribution in [2.24, 2.45) is 5.92 Å². The second kappa shape index (κ2) is 5.38. The van der Waals surface area contributed by atoms with E-state index >= 15 is 0 Å². The van der Waals surface area contributed by atoms with Gasteiger partial charge in [0.2, 0.25) is 0 Å².